The molecule has 0 fully saturated rings. The second kappa shape index (κ2) is 10.8. The van der Waals surface area contributed by atoms with Crippen LogP contribution in [0, 0.1) is 0 Å². The first-order valence-corrected chi connectivity index (χ1v) is 11.2. The zero-order valence-electron chi connectivity index (χ0n) is 19.9. The summed E-state index contributed by atoms with van der Waals surface area (Å²) in [5.41, 5.74) is 3.07. The Morgan fingerprint density at radius 1 is 1.06 bits per heavy atom. The van der Waals surface area contributed by atoms with Gasteiger partial charge in [0.2, 0.25) is 0 Å². The van der Waals surface area contributed by atoms with Crippen LogP contribution in [-0.4, -0.2) is 37.2 Å². The average molecular weight is 477 g/mol. The standard InChI is InChI=1S/C27H28N2O6/c1-18-26(30)29(15-20-9-11-23(32-2)14-25(20)33-3)16-21-13-22(10-12-24(21)35-18)28-27(31)34-17-19-7-5-4-6-8-19/h4-14,18H,15-17H2,1-3H3,(H,28,31). The Morgan fingerprint density at radius 3 is 2.60 bits per heavy atom. The summed E-state index contributed by atoms with van der Waals surface area (Å²) < 4.78 is 22.0. The van der Waals surface area contributed by atoms with Gasteiger partial charge in [-0.15, -0.1) is 0 Å². The van der Waals surface area contributed by atoms with Crippen LogP contribution in [0.25, 0.3) is 0 Å². The SMILES string of the molecule is COc1ccc(CN2Cc3cc(NC(=O)OCc4ccccc4)ccc3OC(C)C2=O)c(OC)c1. The molecule has 1 N–H and O–H groups in total. The third-order valence-electron chi connectivity index (χ3n) is 5.70. The van der Waals surface area contributed by atoms with Crippen molar-refractivity contribution in [2.45, 2.75) is 32.7 Å². The molecule has 8 nitrogen and oxygen atoms in total. The summed E-state index contributed by atoms with van der Waals surface area (Å²) in [7, 11) is 3.17. The largest absolute Gasteiger partial charge is 0.497 e. The average Bonchev–Trinajstić information content (AvgIpc) is 2.99. The lowest BCUT2D eigenvalue weighted by Crippen LogP contribution is -2.37. The molecule has 0 radical (unpaired) electrons. The molecule has 0 saturated heterocycles. The van der Waals surface area contributed by atoms with Gasteiger partial charge in [-0.2, -0.15) is 0 Å². The number of nitrogens with one attached hydrogen (secondary N) is 1. The summed E-state index contributed by atoms with van der Waals surface area (Å²) in [5.74, 6) is 1.76. The van der Waals surface area contributed by atoms with Crippen molar-refractivity contribution in [3.8, 4) is 17.2 Å². The lowest BCUT2D eigenvalue weighted by Gasteiger charge is -2.23. The first-order chi connectivity index (χ1) is 17.0. The van der Waals surface area contributed by atoms with E-state index in [0.29, 0.717) is 36.0 Å². The van der Waals surface area contributed by atoms with E-state index in [4.69, 9.17) is 18.9 Å². The molecule has 4 rings (SSSR count). The van der Waals surface area contributed by atoms with Crippen molar-refractivity contribution in [2.24, 2.45) is 0 Å². The maximum Gasteiger partial charge on any atom is 0.411 e. The molecule has 1 aliphatic rings. The number of benzene rings is 3. The van der Waals surface area contributed by atoms with Crippen molar-refractivity contribution in [3.05, 3.63) is 83.4 Å². The number of hydrogen-bond donors (Lipinski definition) is 1. The number of carbonyl (C=O) groups is 2. The van der Waals surface area contributed by atoms with Crippen LogP contribution in [0.4, 0.5) is 10.5 Å². The molecule has 8 heteroatoms. The molecule has 2 amide bonds. The molecule has 0 bridgehead atoms. The van der Waals surface area contributed by atoms with Gasteiger partial charge in [-0.3, -0.25) is 10.1 Å². The number of anilines is 1. The van der Waals surface area contributed by atoms with Gasteiger partial charge in [0.25, 0.3) is 5.91 Å². The van der Waals surface area contributed by atoms with Crippen molar-refractivity contribution in [1.82, 2.24) is 4.90 Å². The molecular formula is C27H28N2O6. The molecule has 0 spiro atoms. The van der Waals surface area contributed by atoms with Gasteiger partial charge >= 0.3 is 6.09 Å². The van der Waals surface area contributed by atoms with Crippen LogP contribution in [0.2, 0.25) is 0 Å². The van der Waals surface area contributed by atoms with Gasteiger partial charge in [0, 0.05) is 36.0 Å². The Kier molecular flexibility index (Phi) is 7.40. The molecule has 0 saturated carbocycles. The summed E-state index contributed by atoms with van der Waals surface area (Å²) in [6, 6.07) is 20.2. The lowest BCUT2D eigenvalue weighted by molar-refractivity contribution is -0.138. The van der Waals surface area contributed by atoms with Crippen molar-refractivity contribution < 1.29 is 28.5 Å². The maximum atomic E-state index is 13.1. The van der Waals surface area contributed by atoms with Gasteiger partial charge in [-0.25, -0.2) is 4.79 Å². The summed E-state index contributed by atoms with van der Waals surface area (Å²) >= 11 is 0. The monoisotopic (exact) mass is 476 g/mol. The van der Waals surface area contributed by atoms with Crippen LogP contribution in [0.3, 0.4) is 0 Å². The van der Waals surface area contributed by atoms with Crippen LogP contribution >= 0.6 is 0 Å². The van der Waals surface area contributed by atoms with Crippen LogP contribution in [0.5, 0.6) is 17.2 Å². The summed E-state index contributed by atoms with van der Waals surface area (Å²) in [6.45, 7) is 2.53. The second-order valence-electron chi connectivity index (χ2n) is 8.14. The van der Waals surface area contributed by atoms with Gasteiger partial charge in [0.1, 0.15) is 23.9 Å². The third-order valence-corrected chi connectivity index (χ3v) is 5.70. The molecule has 1 unspecified atom stereocenters. The number of carbonyl (C=O) groups excluding carboxylic acids is 2. The Bertz CT molecular complexity index is 1200. The molecule has 0 aliphatic carbocycles. The maximum absolute atomic E-state index is 13.1. The van der Waals surface area contributed by atoms with E-state index in [1.165, 1.54) is 0 Å². The molecule has 0 aromatic heterocycles. The number of ether oxygens (including phenoxy) is 4. The summed E-state index contributed by atoms with van der Waals surface area (Å²) in [6.07, 6.45) is -1.22. The van der Waals surface area contributed by atoms with Gasteiger partial charge in [-0.05, 0) is 42.8 Å². The van der Waals surface area contributed by atoms with Crippen molar-refractivity contribution in [1.29, 1.82) is 0 Å². The minimum Gasteiger partial charge on any atom is -0.497 e. The van der Waals surface area contributed by atoms with Gasteiger partial charge < -0.3 is 23.8 Å². The molecule has 3 aromatic carbocycles. The first kappa shape index (κ1) is 23.9. The van der Waals surface area contributed by atoms with Crippen molar-refractivity contribution >= 4 is 17.7 Å². The Morgan fingerprint density at radius 2 is 1.86 bits per heavy atom. The predicted octanol–water partition coefficient (Wildman–Crippen LogP) is 4.76. The highest BCUT2D eigenvalue weighted by atomic mass is 16.5. The van der Waals surface area contributed by atoms with Gasteiger partial charge in [0.15, 0.2) is 6.10 Å². The van der Waals surface area contributed by atoms with Gasteiger partial charge in [0.05, 0.1) is 14.2 Å². The quantitative estimate of drug-likeness (QED) is 0.529. The Balaban J connectivity index is 1.49. The Hall–Kier alpha value is -4.20. The molecule has 1 aliphatic heterocycles. The van der Waals surface area contributed by atoms with Crippen molar-refractivity contribution in [3.63, 3.8) is 0 Å². The number of nitrogens with zero attached hydrogens (tertiary/aromatic N) is 1. The van der Waals surface area contributed by atoms with E-state index in [9.17, 15) is 9.59 Å². The minimum absolute atomic E-state index is 0.143. The van der Waals surface area contributed by atoms with Crippen LogP contribution in [0.15, 0.2) is 66.7 Å². The lowest BCUT2D eigenvalue weighted by atomic mass is 10.1. The van der Waals surface area contributed by atoms with E-state index in [1.807, 2.05) is 42.5 Å². The van der Waals surface area contributed by atoms with Crippen LogP contribution < -0.4 is 19.5 Å². The van der Waals surface area contributed by atoms with E-state index in [2.05, 4.69) is 5.32 Å². The highest BCUT2D eigenvalue weighted by Gasteiger charge is 2.29. The second-order valence-corrected chi connectivity index (χ2v) is 8.14. The summed E-state index contributed by atoms with van der Waals surface area (Å²) in [4.78, 5) is 27.1. The van der Waals surface area contributed by atoms with E-state index < -0.39 is 12.2 Å². The highest BCUT2D eigenvalue weighted by molar-refractivity contribution is 5.85. The smallest absolute Gasteiger partial charge is 0.411 e. The van der Waals surface area contributed by atoms with E-state index in [1.54, 1.807) is 50.3 Å². The molecule has 182 valence electrons. The molecule has 35 heavy (non-hydrogen) atoms. The first-order valence-electron chi connectivity index (χ1n) is 11.2. The van der Waals surface area contributed by atoms with E-state index in [0.717, 1.165) is 16.7 Å². The zero-order valence-corrected chi connectivity index (χ0v) is 19.9. The number of amides is 2. The van der Waals surface area contributed by atoms with Crippen molar-refractivity contribution in [2.75, 3.05) is 19.5 Å². The number of rotatable bonds is 7. The number of fused-ring (bicyclic) bond motifs is 1. The minimum atomic E-state index is -0.657. The molecule has 1 heterocycles. The van der Waals surface area contributed by atoms with Crippen LogP contribution in [0.1, 0.15) is 23.6 Å². The third kappa shape index (κ3) is 5.84. The fourth-order valence-electron chi connectivity index (χ4n) is 3.88. The normalized spacial score (nSPS) is 14.9. The molecule has 1 atom stereocenters. The van der Waals surface area contributed by atoms with E-state index in [-0.39, 0.29) is 12.5 Å². The fraction of sp³-hybridized carbons (Fsp3) is 0.259. The Labute approximate surface area is 204 Å². The van der Waals surface area contributed by atoms with Gasteiger partial charge in [-0.1, -0.05) is 30.3 Å². The molecular weight excluding hydrogens is 448 g/mol. The predicted molar refractivity (Wildman–Crippen MR) is 131 cm³/mol. The topological polar surface area (TPSA) is 86.3 Å². The molecule has 3 aromatic rings. The number of hydrogen-bond acceptors (Lipinski definition) is 6. The fourth-order valence-corrected chi connectivity index (χ4v) is 3.88. The zero-order chi connectivity index (χ0) is 24.8. The van der Waals surface area contributed by atoms with E-state index >= 15 is 0 Å². The highest BCUT2D eigenvalue weighted by Crippen LogP contribution is 2.31. The number of methoxy groups -OCH3 is 2. The summed E-state index contributed by atoms with van der Waals surface area (Å²) in [5, 5.41) is 2.75. The van der Waals surface area contributed by atoms with Crippen LogP contribution in [-0.2, 0) is 29.2 Å².